The van der Waals surface area contributed by atoms with E-state index < -0.39 is 0 Å². The molecule has 2 atom stereocenters. The summed E-state index contributed by atoms with van der Waals surface area (Å²) in [6.45, 7) is 1.93. The van der Waals surface area contributed by atoms with Crippen LogP contribution in [0.15, 0.2) is 36.4 Å². The van der Waals surface area contributed by atoms with Gasteiger partial charge in [-0.25, -0.2) is 4.39 Å². The second-order valence-corrected chi connectivity index (χ2v) is 6.64. The number of fused-ring (bicyclic) bond motifs is 1. The van der Waals surface area contributed by atoms with Crippen LogP contribution in [0.1, 0.15) is 29.6 Å². The monoisotopic (exact) mass is 329 g/mol. The van der Waals surface area contributed by atoms with Gasteiger partial charge in [0.15, 0.2) is 0 Å². The van der Waals surface area contributed by atoms with Crippen molar-refractivity contribution in [2.24, 2.45) is 0 Å². The number of hydrogen-bond acceptors (Lipinski definition) is 3. The van der Waals surface area contributed by atoms with Crippen LogP contribution in [0.2, 0.25) is 0 Å². The van der Waals surface area contributed by atoms with Gasteiger partial charge in [-0.15, -0.1) is 0 Å². The Morgan fingerprint density at radius 2 is 2.00 bits per heavy atom. The Kier molecular flexibility index (Phi) is 3.98. The van der Waals surface area contributed by atoms with Crippen molar-refractivity contribution in [1.82, 2.24) is 5.32 Å². The topological polar surface area (TPSA) is 47.6 Å². The van der Waals surface area contributed by atoms with Gasteiger partial charge in [0, 0.05) is 36.6 Å². The zero-order chi connectivity index (χ0) is 16.6. The lowest BCUT2D eigenvalue weighted by molar-refractivity contribution is -0.0880. The summed E-state index contributed by atoms with van der Waals surface area (Å²) < 4.78 is 25.3. The van der Waals surface area contributed by atoms with Crippen molar-refractivity contribution >= 4 is 16.7 Å². The highest BCUT2D eigenvalue weighted by molar-refractivity contribution is 6.07. The zero-order valence-corrected chi connectivity index (χ0v) is 13.4. The lowest BCUT2D eigenvalue weighted by atomic mass is 9.89. The summed E-state index contributed by atoms with van der Waals surface area (Å²) in [5.41, 5.74) is 0.261. The van der Waals surface area contributed by atoms with Crippen molar-refractivity contribution in [2.75, 3.05) is 19.8 Å². The van der Waals surface area contributed by atoms with Gasteiger partial charge in [-0.3, -0.25) is 4.79 Å². The zero-order valence-electron chi connectivity index (χ0n) is 13.4. The highest BCUT2D eigenvalue weighted by atomic mass is 19.1. The summed E-state index contributed by atoms with van der Waals surface area (Å²) in [6.07, 6.45) is 2.42. The van der Waals surface area contributed by atoms with Gasteiger partial charge in [-0.2, -0.15) is 0 Å². The molecule has 0 aromatic heterocycles. The van der Waals surface area contributed by atoms with Gasteiger partial charge in [0.25, 0.3) is 5.91 Å². The standard InChI is InChI=1S/C19H20FNO3/c20-17-6-5-16(14-3-1-2-4-15(14)17)18(22)21-13-7-9-24-19(11-13)8-10-23-12-19/h1-6,13H,7-12H2,(H,21,22)/t13-,19-/m1/s1. The second-order valence-electron chi connectivity index (χ2n) is 6.64. The molecule has 0 saturated carbocycles. The number of hydrogen-bond donors (Lipinski definition) is 1. The Morgan fingerprint density at radius 1 is 1.17 bits per heavy atom. The molecule has 0 bridgehead atoms. The maximum Gasteiger partial charge on any atom is 0.252 e. The lowest BCUT2D eigenvalue weighted by Crippen LogP contribution is -2.49. The molecule has 2 aromatic rings. The number of rotatable bonds is 2. The van der Waals surface area contributed by atoms with Crippen LogP contribution in [0.4, 0.5) is 4.39 Å². The van der Waals surface area contributed by atoms with Gasteiger partial charge in [-0.05, 0) is 30.4 Å². The fraction of sp³-hybridized carbons (Fsp3) is 0.421. The molecule has 1 N–H and O–H groups in total. The first kappa shape index (κ1) is 15.5. The van der Waals surface area contributed by atoms with Gasteiger partial charge in [0.1, 0.15) is 5.82 Å². The van der Waals surface area contributed by atoms with E-state index in [1.807, 2.05) is 6.07 Å². The fourth-order valence-corrected chi connectivity index (χ4v) is 3.74. The molecular formula is C19H20FNO3. The van der Waals surface area contributed by atoms with Crippen LogP contribution in [0.3, 0.4) is 0 Å². The minimum Gasteiger partial charge on any atom is -0.378 e. The lowest BCUT2D eigenvalue weighted by Gasteiger charge is -2.37. The van der Waals surface area contributed by atoms with Gasteiger partial charge in [0.2, 0.25) is 0 Å². The number of amides is 1. The summed E-state index contributed by atoms with van der Waals surface area (Å²) in [7, 11) is 0. The molecule has 5 heteroatoms. The molecule has 126 valence electrons. The average molecular weight is 329 g/mol. The summed E-state index contributed by atoms with van der Waals surface area (Å²) >= 11 is 0. The molecule has 24 heavy (non-hydrogen) atoms. The molecule has 4 nitrogen and oxygen atoms in total. The Morgan fingerprint density at radius 3 is 2.79 bits per heavy atom. The van der Waals surface area contributed by atoms with Crippen molar-refractivity contribution in [3.63, 3.8) is 0 Å². The quantitative estimate of drug-likeness (QED) is 0.921. The van der Waals surface area contributed by atoms with Gasteiger partial charge in [0.05, 0.1) is 12.2 Å². The number of carbonyl (C=O) groups is 1. The Hall–Kier alpha value is -1.98. The molecule has 0 aliphatic carbocycles. The smallest absolute Gasteiger partial charge is 0.252 e. The first-order chi connectivity index (χ1) is 11.7. The highest BCUT2D eigenvalue weighted by Crippen LogP contribution is 2.33. The van der Waals surface area contributed by atoms with Crippen LogP contribution < -0.4 is 5.32 Å². The third-order valence-corrected chi connectivity index (χ3v) is 5.01. The first-order valence-electron chi connectivity index (χ1n) is 8.37. The minimum absolute atomic E-state index is 0.0526. The van der Waals surface area contributed by atoms with Crippen LogP contribution in [0.5, 0.6) is 0 Å². The number of benzene rings is 2. The minimum atomic E-state index is -0.310. The molecule has 1 amide bonds. The molecular weight excluding hydrogens is 309 g/mol. The maximum atomic E-state index is 13.9. The number of carbonyl (C=O) groups excluding carboxylic acids is 1. The van der Waals surface area contributed by atoms with Crippen LogP contribution in [-0.4, -0.2) is 37.4 Å². The fourth-order valence-electron chi connectivity index (χ4n) is 3.74. The van der Waals surface area contributed by atoms with Crippen LogP contribution in [0.25, 0.3) is 10.8 Å². The van der Waals surface area contributed by atoms with E-state index in [0.717, 1.165) is 19.3 Å². The summed E-state index contributed by atoms with van der Waals surface area (Å²) in [6, 6.07) is 10.0. The van der Waals surface area contributed by atoms with Crippen LogP contribution in [0, 0.1) is 5.82 Å². The number of nitrogens with one attached hydrogen (secondary N) is 1. The third-order valence-electron chi connectivity index (χ3n) is 5.01. The number of ether oxygens (including phenoxy) is 2. The van der Waals surface area contributed by atoms with Crippen molar-refractivity contribution in [3.05, 3.63) is 47.8 Å². The molecule has 2 heterocycles. The van der Waals surface area contributed by atoms with Gasteiger partial charge >= 0.3 is 0 Å². The predicted octanol–water partition coefficient (Wildman–Crippen LogP) is 3.05. The van der Waals surface area contributed by atoms with Gasteiger partial charge in [-0.1, -0.05) is 24.3 Å². The van der Waals surface area contributed by atoms with E-state index in [-0.39, 0.29) is 23.4 Å². The maximum absolute atomic E-state index is 13.9. The SMILES string of the molecule is O=C(N[C@@H]1CCO[C@]2(CCOC2)C1)c1ccc(F)c2ccccc12. The molecule has 0 radical (unpaired) electrons. The van der Waals surface area contributed by atoms with E-state index >= 15 is 0 Å². The van der Waals surface area contributed by atoms with E-state index in [0.29, 0.717) is 36.2 Å². The molecule has 2 fully saturated rings. The van der Waals surface area contributed by atoms with E-state index in [9.17, 15) is 9.18 Å². The van der Waals surface area contributed by atoms with Gasteiger partial charge < -0.3 is 14.8 Å². The van der Waals surface area contributed by atoms with E-state index in [4.69, 9.17) is 9.47 Å². The predicted molar refractivity (Wildman–Crippen MR) is 88.5 cm³/mol. The summed E-state index contributed by atoms with van der Waals surface area (Å²) in [4.78, 5) is 12.7. The van der Waals surface area contributed by atoms with Crippen LogP contribution >= 0.6 is 0 Å². The summed E-state index contributed by atoms with van der Waals surface area (Å²) in [5.74, 6) is -0.470. The third kappa shape index (κ3) is 2.78. The van der Waals surface area contributed by atoms with Crippen molar-refractivity contribution in [2.45, 2.75) is 30.9 Å². The largest absolute Gasteiger partial charge is 0.378 e. The normalized spacial score (nSPS) is 26.8. The average Bonchev–Trinajstić information content (AvgIpc) is 3.03. The van der Waals surface area contributed by atoms with Crippen molar-refractivity contribution in [3.8, 4) is 0 Å². The van der Waals surface area contributed by atoms with Crippen molar-refractivity contribution in [1.29, 1.82) is 0 Å². The molecule has 2 aromatic carbocycles. The Balaban J connectivity index is 1.55. The van der Waals surface area contributed by atoms with E-state index in [1.165, 1.54) is 6.07 Å². The van der Waals surface area contributed by atoms with E-state index in [2.05, 4.69) is 5.32 Å². The van der Waals surface area contributed by atoms with Crippen molar-refractivity contribution < 1.29 is 18.7 Å². The molecule has 2 aliphatic heterocycles. The molecule has 4 rings (SSSR count). The second kappa shape index (κ2) is 6.15. The van der Waals surface area contributed by atoms with Crippen LogP contribution in [-0.2, 0) is 9.47 Å². The highest BCUT2D eigenvalue weighted by Gasteiger charge is 2.41. The Bertz CT molecular complexity index is 770. The molecule has 1 spiro atoms. The first-order valence-corrected chi connectivity index (χ1v) is 8.37. The summed E-state index contributed by atoms with van der Waals surface area (Å²) in [5, 5.41) is 4.21. The van der Waals surface area contributed by atoms with E-state index in [1.54, 1.807) is 24.3 Å². The number of halogens is 1. The molecule has 2 aliphatic rings. The Labute approximate surface area is 139 Å². The molecule has 2 saturated heterocycles. The molecule has 0 unspecified atom stereocenters.